The minimum atomic E-state index is -0.978. The number of hydrogen-bond donors (Lipinski definition) is 2. The number of aliphatic hydroxyl groups excluding tert-OH is 1. The van der Waals surface area contributed by atoms with Crippen molar-refractivity contribution < 1.29 is 5.11 Å². The number of benzene rings is 1. The molecule has 9 heteroatoms. The number of hydrogen-bond acceptors (Lipinski definition) is 8. The largest absolute Gasteiger partial charge is 0.373 e. The van der Waals surface area contributed by atoms with Gasteiger partial charge in [0.05, 0.1) is 29.8 Å². The molecule has 0 saturated carbocycles. The molecular weight excluding hydrogens is 386 g/mol. The minimum Gasteiger partial charge on any atom is -0.373 e. The zero-order chi connectivity index (χ0) is 20.2. The van der Waals surface area contributed by atoms with Gasteiger partial charge < -0.3 is 5.11 Å². The van der Waals surface area contributed by atoms with Crippen molar-refractivity contribution >= 4 is 17.4 Å². The van der Waals surface area contributed by atoms with Crippen LogP contribution >= 0.6 is 11.3 Å². The second-order valence-electron chi connectivity index (χ2n) is 6.28. The Kier molecular flexibility index (Phi) is 5.52. The first kappa shape index (κ1) is 19.1. The van der Waals surface area contributed by atoms with Crippen molar-refractivity contribution in [1.29, 1.82) is 0 Å². The lowest BCUT2D eigenvalue weighted by Gasteiger charge is -2.08. The summed E-state index contributed by atoms with van der Waals surface area (Å²) in [4.78, 5) is 4.43. The maximum absolute atomic E-state index is 10.4. The molecule has 0 radical (unpaired) electrons. The summed E-state index contributed by atoms with van der Waals surface area (Å²) in [5.74, 6) is 0. The van der Waals surface area contributed by atoms with Gasteiger partial charge in [-0.1, -0.05) is 53.5 Å². The Labute approximate surface area is 171 Å². The summed E-state index contributed by atoms with van der Waals surface area (Å²) >= 11 is 1.48. The van der Waals surface area contributed by atoms with Gasteiger partial charge in [-0.25, -0.2) is 4.68 Å². The molecule has 1 aromatic carbocycles. The van der Waals surface area contributed by atoms with Crippen LogP contribution in [-0.2, 0) is 6.54 Å². The molecule has 3 heterocycles. The van der Waals surface area contributed by atoms with Gasteiger partial charge in [0, 0.05) is 5.56 Å². The molecule has 0 spiro atoms. The Morgan fingerprint density at radius 1 is 1.17 bits per heavy atom. The van der Waals surface area contributed by atoms with Gasteiger partial charge in [0.1, 0.15) is 15.7 Å². The molecule has 146 valence electrons. The smallest absolute Gasteiger partial charge is 0.151 e. The van der Waals surface area contributed by atoms with Crippen molar-refractivity contribution in [1.82, 2.24) is 35.5 Å². The zero-order valence-electron chi connectivity index (χ0n) is 15.7. The highest BCUT2D eigenvalue weighted by molar-refractivity contribution is 7.14. The lowest BCUT2D eigenvalue weighted by molar-refractivity contribution is 0.132. The number of rotatable bonds is 7. The molecular formula is C20H19N7OS. The fraction of sp³-hybridized carbons (Fsp3) is 0.150. The minimum absolute atomic E-state index is 0.368. The third-order valence-electron chi connectivity index (χ3n) is 4.26. The first-order valence-electron chi connectivity index (χ1n) is 8.96. The van der Waals surface area contributed by atoms with Crippen molar-refractivity contribution in [2.75, 3.05) is 0 Å². The molecule has 8 nitrogen and oxygen atoms in total. The highest BCUT2D eigenvalue weighted by Gasteiger charge is 2.15. The van der Waals surface area contributed by atoms with E-state index in [0.717, 1.165) is 32.7 Å². The SMILES string of the molecule is C=Cc1ccc(-n2cc(C(O)NCc3nnc(-c4ccccc4)s3)nn2)c(C)n1. The van der Waals surface area contributed by atoms with Crippen LogP contribution < -0.4 is 5.32 Å². The molecule has 0 amide bonds. The average molecular weight is 405 g/mol. The molecule has 3 aromatic heterocycles. The Morgan fingerprint density at radius 3 is 2.76 bits per heavy atom. The lowest BCUT2D eigenvalue weighted by Crippen LogP contribution is -2.20. The predicted molar refractivity (Wildman–Crippen MR) is 111 cm³/mol. The van der Waals surface area contributed by atoms with Gasteiger partial charge >= 0.3 is 0 Å². The number of aromatic nitrogens is 6. The van der Waals surface area contributed by atoms with E-state index < -0.39 is 6.23 Å². The van der Waals surface area contributed by atoms with E-state index in [2.05, 4.69) is 37.4 Å². The standard InChI is InChI=1S/C20H19N7OS/c1-3-15-9-10-17(13(2)22-15)27-12-16(23-26-27)19(28)21-11-18-24-25-20(29-18)14-7-5-4-6-8-14/h3-10,12,19,21,28H,1,11H2,2H3. The van der Waals surface area contributed by atoms with Crippen LogP contribution in [0, 0.1) is 6.92 Å². The topological polar surface area (TPSA) is 102 Å². The van der Waals surface area contributed by atoms with Gasteiger partial charge in [0.2, 0.25) is 0 Å². The van der Waals surface area contributed by atoms with Crippen LogP contribution in [0.5, 0.6) is 0 Å². The molecule has 29 heavy (non-hydrogen) atoms. The summed E-state index contributed by atoms with van der Waals surface area (Å²) < 4.78 is 1.59. The number of pyridine rings is 1. The first-order valence-corrected chi connectivity index (χ1v) is 9.77. The van der Waals surface area contributed by atoms with Gasteiger partial charge in [-0.3, -0.25) is 10.3 Å². The Morgan fingerprint density at radius 2 is 2.00 bits per heavy atom. The summed E-state index contributed by atoms with van der Waals surface area (Å²) in [6.45, 7) is 5.97. The highest BCUT2D eigenvalue weighted by Crippen LogP contribution is 2.23. The third-order valence-corrected chi connectivity index (χ3v) is 5.23. The fourth-order valence-corrected chi connectivity index (χ4v) is 3.56. The molecule has 0 bridgehead atoms. The van der Waals surface area contributed by atoms with E-state index in [1.807, 2.05) is 49.4 Å². The van der Waals surface area contributed by atoms with E-state index in [1.165, 1.54) is 11.3 Å². The van der Waals surface area contributed by atoms with Crippen molar-refractivity contribution in [2.24, 2.45) is 0 Å². The van der Waals surface area contributed by atoms with Crippen LogP contribution in [-0.4, -0.2) is 35.3 Å². The summed E-state index contributed by atoms with van der Waals surface area (Å²) in [7, 11) is 0. The van der Waals surface area contributed by atoms with Gasteiger partial charge in [-0.2, -0.15) is 0 Å². The molecule has 1 unspecified atom stereocenters. The highest BCUT2D eigenvalue weighted by atomic mass is 32.1. The summed E-state index contributed by atoms with van der Waals surface area (Å²) in [5.41, 5.74) is 3.80. The monoisotopic (exact) mass is 405 g/mol. The van der Waals surface area contributed by atoms with E-state index in [0.29, 0.717) is 12.2 Å². The number of aryl methyl sites for hydroxylation is 1. The van der Waals surface area contributed by atoms with Crippen LogP contribution in [0.1, 0.15) is 28.3 Å². The molecule has 0 aliphatic carbocycles. The van der Waals surface area contributed by atoms with Gasteiger partial charge in [-0.15, -0.1) is 15.3 Å². The van der Waals surface area contributed by atoms with Crippen molar-refractivity contribution in [2.45, 2.75) is 19.7 Å². The fourth-order valence-electron chi connectivity index (χ4n) is 2.76. The molecule has 0 aliphatic heterocycles. The Balaban J connectivity index is 1.42. The van der Waals surface area contributed by atoms with E-state index in [-0.39, 0.29) is 0 Å². The molecule has 2 N–H and O–H groups in total. The lowest BCUT2D eigenvalue weighted by atomic mass is 10.2. The summed E-state index contributed by atoms with van der Waals surface area (Å²) in [5, 5.41) is 31.6. The van der Waals surface area contributed by atoms with Gasteiger partial charge in [-0.05, 0) is 25.1 Å². The van der Waals surface area contributed by atoms with Crippen LogP contribution in [0.15, 0.2) is 55.2 Å². The second kappa shape index (κ2) is 8.39. The average Bonchev–Trinajstić information content (AvgIpc) is 3.42. The van der Waals surface area contributed by atoms with Crippen molar-refractivity contribution in [3.63, 3.8) is 0 Å². The van der Waals surface area contributed by atoms with Crippen LogP contribution in [0.3, 0.4) is 0 Å². The normalized spacial score (nSPS) is 12.1. The first-order chi connectivity index (χ1) is 14.1. The molecule has 0 fully saturated rings. The van der Waals surface area contributed by atoms with Gasteiger partial charge in [0.25, 0.3) is 0 Å². The van der Waals surface area contributed by atoms with Crippen LogP contribution in [0.4, 0.5) is 0 Å². The number of nitrogens with zero attached hydrogens (tertiary/aromatic N) is 6. The Bertz CT molecular complexity index is 1120. The van der Waals surface area contributed by atoms with E-state index >= 15 is 0 Å². The van der Waals surface area contributed by atoms with E-state index in [9.17, 15) is 5.11 Å². The third kappa shape index (κ3) is 4.27. The predicted octanol–water partition coefficient (Wildman–Crippen LogP) is 2.91. The summed E-state index contributed by atoms with van der Waals surface area (Å²) in [6.07, 6.45) is 2.38. The molecule has 0 saturated heterocycles. The van der Waals surface area contributed by atoms with E-state index in [1.54, 1.807) is 17.0 Å². The zero-order valence-corrected chi connectivity index (χ0v) is 16.5. The number of nitrogens with one attached hydrogen (secondary N) is 1. The molecule has 4 rings (SSSR count). The Hall–Kier alpha value is -3.27. The van der Waals surface area contributed by atoms with Crippen molar-refractivity contribution in [3.05, 3.63) is 77.3 Å². The van der Waals surface area contributed by atoms with Gasteiger partial charge in [0.15, 0.2) is 6.23 Å². The molecule has 4 aromatic rings. The van der Waals surface area contributed by atoms with E-state index in [4.69, 9.17) is 0 Å². The maximum Gasteiger partial charge on any atom is 0.151 e. The maximum atomic E-state index is 10.4. The van der Waals surface area contributed by atoms with Crippen molar-refractivity contribution in [3.8, 4) is 16.3 Å². The quantitative estimate of drug-likeness (QED) is 0.456. The summed E-state index contributed by atoms with van der Waals surface area (Å²) in [6, 6.07) is 13.6. The van der Waals surface area contributed by atoms with Crippen LogP contribution in [0.25, 0.3) is 22.3 Å². The molecule has 1 atom stereocenters. The second-order valence-corrected chi connectivity index (χ2v) is 7.35. The molecule has 0 aliphatic rings. The van der Waals surface area contributed by atoms with Crippen LogP contribution in [0.2, 0.25) is 0 Å². The number of aliphatic hydroxyl groups is 1.